The maximum atomic E-state index is 12.2. The summed E-state index contributed by atoms with van der Waals surface area (Å²) in [7, 11) is 1.49. The minimum absolute atomic E-state index is 0.0155. The van der Waals surface area contributed by atoms with Gasteiger partial charge in [0.1, 0.15) is 6.04 Å². The molecule has 0 heterocycles. The molecule has 0 radical (unpaired) electrons. The third-order valence-corrected chi connectivity index (χ3v) is 3.22. The van der Waals surface area contributed by atoms with Crippen molar-refractivity contribution in [1.82, 2.24) is 4.90 Å². The molecule has 0 aliphatic rings. The van der Waals surface area contributed by atoms with Gasteiger partial charge < -0.3 is 20.7 Å². The van der Waals surface area contributed by atoms with Crippen molar-refractivity contribution in [3.05, 3.63) is 29.8 Å². The molecule has 6 nitrogen and oxygen atoms in total. The number of methoxy groups -OCH3 is 1. The van der Waals surface area contributed by atoms with E-state index in [1.165, 1.54) is 12.0 Å². The average molecular weight is 307 g/mol. The minimum Gasteiger partial charge on any atom is -0.383 e. The van der Waals surface area contributed by atoms with E-state index in [-0.39, 0.29) is 25.0 Å². The molecule has 0 fully saturated rings. The van der Waals surface area contributed by atoms with E-state index in [9.17, 15) is 9.59 Å². The van der Waals surface area contributed by atoms with Crippen LogP contribution in [0.4, 0.5) is 5.69 Å². The molecule has 0 bridgehead atoms. The predicted molar refractivity (Wildman–Crippen MR) is 86.5 cm³/mol. The normalized spacial score (nSPS) is 11.8. The van der Waals surface area contributed by atoms with Gasteiger partial charge >= 0.3 is 0 Å². The van der Waals surface area contributed by atoms with Crippen molar-refractivity contribution in [2.45, 2.75) is 26.3 Å². The fourth-order valence-electron chi connectivity index (χ4n) is 2.10. The van der Waals surface area contributed by atoms with Gasteiger partial charge in [-0.1, -0.05) is 25.1 Å². The number of nitrogens with zero attached hydrogens (tertiary/aromatic N) is 1. The second kappa shape index (κ2) is 9.17. The zero-order valence-corrected chi connectivity index (χ0v) is 13.5. The van der Waals surface area contributed by atoms with Crippen molar-refractivity contribution in [3.63, 3.8) is 0 Å². The van der Waals surface area contributed by atoms with Crippen LogP contribution in [0, 0.1) is 6.92 Å². The molecule has 0 aliphatic heterocycles. The number of nitrogens with one attached hydrogen (secondary N) is 1. The van der Waals surface area contributed by atoms with E-state index < -0.39 is 6.04 Å². The number of rotatable bonds is 8. The van der Waals surface area contributed by atoms with Crippen molar-refractivity contribution < 1.29 is 14.3 Å². The van der Waals surface area contributed by atoms with Crippen LogP contribution in [0.5, 0.6) is 0 Å². The molecule has 0 saturated heterocycles. The number of anilines is 1. The molecule has 6 heteroatoms. The van der Waals surface area contributed by atoms with Gasteiger partial charge in [-0.05, 0) is 25.0 Å². The fourth-order valence-corrected chi connectivity index (χ4v) is 2.10. The van der Waals surface area contributed by atoms with E-state index in [0.717, 1.165) is 17.7 Å². The number of para-hydroxylation sites is 1. The zero-order valence-electron chi connectivity index (χ0n) is 13.5. The van der Waals surface area contributed by atoms with Crippen molar-refractivity contribution in [2.24, 2.45) is 5.73 Å². The molecule has 0 aliphatic carbocycles. The first kappa shape index (κ1) is 18.1. The van der Waals surface area contributed by atoms with Crippen molar-refractivity contribution in [3.8, 4) is 0 Å². The molecule has 2 amide bonds. The fraction of sp³-hybridized carbons (Fsp3) is 0.500. The van der Waals surface area contributed by atoms with Crippen LogP contribution in [0.25, 0.3) is 0 Å². The third-order valence-electron chi connectivity index (χ3n) is 3.22. The van der Waals surface area contributed by atoms with E-state index in [1.54, 1.807) is 0 Å². The van der Waals surface area contributed by atoms with Gasteiger partial charge in [0.05, 0.1) is 13.2 Å². The second-order valence-electron chi connectivity index (χ2n) is 5.18. The number of hydrogen-bond acceptors (Lipinski definition) is 4. The Bertz CT molecular complexity index is 505. The SMILES string of the molecule is CCCN(CC(=O)Nc1ccccc1C)C(=O)C(N)COC. The number of carbonyl (C=O) groups is 2. The summed E-state index contributed by atoms with van der Waals surface area (Å²) >= 11 is 0. The molecular formula is C16H25N3O3. The quantitative estimate of drug-likeness (QED) is 0.754. The molecule has 1 unspecified atom stereocenters. The van der Waals surface area contributed by atoms with Gasteiger partial charge in [-0.2, -0.15) is 0 Å². The number of hydrogen-bond donors (Lipinski definition) is 2. The predicted octanol–water partition coefficient (Wildman–Crippen LogP) is 1.15. The Morgan fingerprint density at radius 2 is 2.05 bits per heavy atom. The lowest BCUT2D eigenvalue weighted by atomic mass is 10.2. The lowest BCUT2D eigenvalue weighted by Crippen LogP contribution is -2.48. The minimum atomic E-state index is -0.747. The highest BCUT2D eigenvalue weighted by molar-refractivity contribution is 5.95. The van der Waals surface area contributed by atoms with E-state index in [4.69, 9.17) is 10.5 Å². The summed E-state index contributed by atoms with van der Waals surface area (Å²) in [5.74, 6) is -0.510. The first-order valence-electron chi connectivity index (χ1n) is 7.38. The molecule has 1 atom stereocenters. The molecule has 0 saturated carbocycles. The molecule has 3 N–H and O–H groups in total. The smallest absolute Gasteiger partial charge is 0.244 e. The van der Waals surface area contributed by atoms with Crippen LogP contribution >= 0.6 is 0 Å². The Balaban J connectivity index is 2.68. The van der Waals surface area contributed by atoms with Crippen LogP contribution in [0.2, 0.25) is 0 Å². The van der Waals surface area contributed by atoms with Gasteiger partial charge in [0.2, 0.25) is 11.8 Å². The highest BCUT2D eigenvalue weighted by atomic mass is 16.5. The molecule has 0 aromatic heterocycles. The van der Waals surface area contributed by atoms with Crippen LogP contribution < -0.4 is 11.1 Å². The number of amides is 2. The summed E-state index contributed by atoms with van der Waals surface area (Å²) in [6.45, 7) is 4.47. The first-order chi connectivity index (χ1) is 10.5. The molecule has 1 rings (SSSR count). The summed E-state index contributed by atoms with van der Waals surface area (Å²) in [4.78, 5) is 25.8. The summed E-state index contributed by atoms with van der Waals surface area (Å²) in [5, 5.41) is 2.82. The van der Waals surface area contributed by atoms with Gasteiger partial charge in [0, 0.05) is 19.3 Å². The lowest BCUT2D eigenvalue weighted by Gasteiger charge is -2.24. The Morgan fingerprint density at radius 3 is 2.64 bits per heavy atom. The van der Waals surface area contributed by atoms with Gasteiger partial charge in [-0.25, -0.2) is 0 Å². The van der Waals surface area contributed by atoms with Crippen LogP contribution in [0.1, 0.15) is 18.9 Å². The molecule has 122 valence electrons. The molecular weight excluding hydrogens is 282 g/mol. The van der Waals surface area contributed by atoms with E-state index in [1.807, 2.05) is 38.1 Å². The number of ether oxygens (including phenoxy) is 1. The monoisotopic (exact) mass is 307 g/mol. The average Bonchev–Trinajstić information content (AvgIpc) is 2.48. The van der Waals surface area contributed by atoms with E-state index >= 15 is 0 Å². The lowest BCUT2D eigenvalue weighted by molar-refractivity contribution is -0.136. The van der Waals surface area contributed by atoms with Crippen molar-refractivity contribution in [1.29, 1.82) is 0 Å². The van der Waals surface area contributed by atoms with Crippen molar-refractivity contribution in [2.75, 3.05) is 32.1 Å². The van der Waals surface area contributed by atoms with Crippen LogP contribution in [0.3, 0.4) is 0 Å². The molecule has 1 aromatic rings. The molecule has 1 aromatic carbocycles. The van der Waals surface area contributed by atoms with Gasteiger partial charge in [0.25, 0.3) is 0 Å². The highest BCUT2D eigenvalue weighted by Gasteiger charge is 2.22. The summed E-state index contributed by atoms with van der Waals surface area (Å²) in [6, 6.07) is 6.76. The van der Waals surface area contributed by atoms with Gasteiger partial charge in [-0.15, -0.1) is 0 Å². The Hall–Kier alpha value is -1.92. The van der Waals surface area contributed by atoms with E-state index in [0.29, 0.717) is 6.54 Å². The standard InChI is InChI=1S/C16H25N3O3/c1-4-9-19(16(21)13(17)11-22-3)10-15(20)18-14-8-6-5-7-12(14)2/h5-8,13H,4,9-11,17H2,1-3H3,(H,18,20). The van der Waals surface area contributed by atoms with Crippen molar-refractivity contribution >= 4 is 17.5 Å². The summed E-state index contributed by atoms with van der Waals surface area (Å²) in [6.07, 6.45) is 0.753. The summed E-state index contributed by atoms with van der Waals surface area (Å²) < 4.78 is 4.90. The largest absolute Gasteiger partial charge is 0.383 e. The molecule has 0 spiro atoms. The zero-order chi connectivity index (χ0) is 16.5. The topological polar surface area (TPSA) is 84.7 Å². The number of carbonyl (C=O) groups excluding carboxylic acids is 2. The number of aryl methyl sites for hydroxylation is 1. The Morgan fingerprint density at radius 1 is 1.36 bits per heavy atom. The van der Waals surface area contributed by atoms with Gasteiger partial charge in [-0.3, -0.25) is 9.59 Å². The molecule has 22 heavy (non-hydrogen) atoms. The third kappa shape index (κ3) is 5.46. The summed E-state index contributed by atoms with van der Waals surface area (Å²) in [5.41, 5.74) is 7.48. The first-order valence-corrected chi connectivity index (χ1v) is 7.38. The van der Waals surface area contributed by atoms with Gasteiger partial charge in [0.15, 0.2) is 0 Å². The Labute approximate surface area is 131 Å². The van der Waals surface area contributed by atoms with Crippen LogP contribution in [-0.4, -0.2) is 49.6 Å². The number of benzene rings is 1. The maximum absolute atomic E-state index is 12.2. The van der Waals surface area contributed by atoms with Crippen LogP contribution in [0.15, 0.2) is 24.3 Å². The Kier molecular flexibility index (Phi) is 7.56. The van der Waals surface area contributed by atoms with E-state index in [2.05, 4.69) is 5.32 Å². The highest BCUT2D eigenvalue weighted by Crippen LogP contribution is 2.13. The maximum Gasteiger partial charge on any atom is 0.244 e. The second-order valence-corrected chi connectivity index (χ2v) is 5.18. The number of nitrogens with two attached hydrogens (primary N) is 1. The van der Waals surface area contributed by atoms with Crippen LogP contribution in [-0.2, 0) is 14.3 Å².